The Labute approximate surface area is 193 Å². The second-order valence-corrected chi connectivity index (χ2v) is 9.12. The molecule has 6 nitrogen and oxygen atoms in total. The molecule has 1 N–H and O–H groups in total. The van der Waals surface area contributed by atoms with Crippen molar-refractivity contribution in [2.75, 3.05) is 6.54 Å². The van der Waals surface area contributed by atoms with Gasteiger partial charge in [-0.3, -0.25) is 14.6 Å². The quantitative estimate of drug-likeness (QED) is 0.499. The van der Waals surface area contributed by atoms with Crippen LogP contribution in [0.25, 0.3) is 6.08 Å². The molecule has 2 aliphatic rings. The minimum atomic E-state index is -0.758. The number of fused-ring (bicyclic) bond motifs is 1. The van der Waals surface area contributed by atoms with Crippen molar-refractivity contribution in [2.24, 2.45) is 5.10 Å². The molecule has 1 aliphatic carbocycles. The first kappa shape index (κ1) is 22.3. The summed E-state index contributed by atoms with van der Waals surface area (Å²) >= 11 is 1.51. The second kappa shape index (κ2) is 10.1. The van der Waals surface area contributed by atoms with Gasteiger partial charge < -0.3 is 10.2 Å². The molecule has 1 saturated carbocycles. The van der Waals surface area contributed by atoms with Crippen LogP contribution in [0.5, 0.6) is 0 Å². The number of likely N-dealkylation sites (N-methyl/N-ethyl adjacent to an activating group) is 1. The van der Waals surface area contributed by atoms with E-state index in [2.05, 4.69) is 10.4 Å². The van der Waals surface area contributed by atoms with Gasteiger partial charge in [0.25, 0.3) is 5.91 Å². The van der Waals surface area contributed by atoms with Crippen molar-refractivity contribution in [3.8, 4) is 0 Å². The van der Waals surface area contributed by atoms with E-state index in [1.54, 1.807) is 11.1 Å². The Balaban J connectivity index is 1.80. The number of rotatable bonds is 7. The van der Waals surface area contributed by atoms with Crippen molar-refractivity contribution < 1.29 is 9.59 Å². The predicted octanol–water partition coefficient (Wildman–Crippen LogP) is 4.50. The van der Waals surface area contributed by atoms with Crippen LogP contribution in [0.1, 0.15) is 60.3 Å². The number of nitrogens with one attached hydrogen (secondary N) is 1. The van der Waals surface area contributed by atoms with Crippen LogP contribution in [0.2, 0.25) is 0 Å². The lowest BCUT2D eigenvalue weighted by atomic mass is 10.1. The number of hydrogen-bond donors (Lipinski definition) is 1. The maximum atomic E-state index is 13.7. The molecule has 1 atom stereocenters. The van der Waals surface area contributed by atoms with Gasteiger partial charge in [-0.25, -0.2) is 0 Å². The van der Waals surface area contributed by atoms with E-state index in [1.165, 1.54) is 11.3 Å². The highest BCUT2D eigenvalue weighted by atomic mass is 32.1. The highest BCUT2D eigenvalue weighted by Crippen LogP contribution is 2.32. The third-order valence-corrected chi connectivity index (χ3v) is 6.92. The van der Waals surface area contributed by atoms with Gasteiger partial charge in [0, 0.05) is 30.2 Å². The summed E-state index contributed by atoms with van der Waals surface area (Å²) in [5, 5.41) is 11.5. The van der Waals surface area contributed by atoms with E-state index in [-0.39, 0.29) is 17.9 Å². The van der Waals surface area contributed by atoms with Crippen LogP contribution in [0.4, 0.5) is 0 Å². The van der Waals surface area contributed by atoms with Crippen LogP contribution in [0, 0.1) is 0 Å². The van der Waals surface area contributed by atoms with Crippen molar-refractivity contribution in [3.05, 3.63) is 63.5 Å². The lowest BCUT2D eigenvalue weighted by Crippen LogP contribution is -2.53. The largest absolute Gasteiger partial charge is 0.351 e. The van der Waals surface area contributed by atoms with Crippen LogP contribution in [-0.4, -0.2) is 46.6 Å². The fourth-order valence-corrected chi connectivity index (χ4v) is 5.33. The van der Waals surface area contributed by atoms with Gasteiger partial charge in [-0.2, -0.15) is 5.10 Å². The van der Waals surface area contributed by atoms with E-state index < -0.39 is 6.04 Å². The van der Waals surface area contributed by atoms with Crippen LogP contribution in [-0.2, 0) is 11.3 Å². The number of benzene rings is 1. The standard InChI is InChI=1S/C25H30N4O2S/c1-3-26-29(4-2)21-16-22-20(14-15-32-22)25(31)28(17-18-10-6-5-7-11-18)23(21)24(30)27-19-12-8-9-13-19/h3,5-7,10-11,14-16,19,23H,4,8-9,12-13,17H2,1-2H3,(H,27,30)/b26-3-. The average Bonchev–Trinajstić information content (AvgIpc) is 3.47. The Hall–Kier alpha value is -2.93. The summed E-state index contributed by atoms with van der Waals surface area (Å²) in [4.78, 5) is 30.0. The maximum Gasteiger partial charge on any atom is 0.256 e. The van der Waals surface area contributed by atoms with E-state index in [0.717, 1.165) is 41.8 Å². The molecule has 0 spiro atoms. The molecule has 7 heteroatoms. The molecule has 0 radical (unpaired) electrons. The second-order valence-electron chi connectivity index (χ2n) is 8.17. The molecule has 168 valence electrons. The fourth-order valence-electron chi connectivity index (χ4n) is 4.51. The normalized spacial score (nSPS) is 19.1. The van der Waals surface area contributed by atoms with Gasteiger partial charge in [-0.05, 0) is 49.8 Å². The monoisotopic (exact) mass is 450 g/mol. The Morgan fingerprint density at radius 2 is 2.00 bits per heavy atom. The van der Waals surface area contributed by atoms with Crippen molar-refractivity contribution in [1.82, 2.24) is 15.2 Å². The number of nitrogens with zero attached hydrogens (tertiary/aromatic N) is 3. The van der Waals surface area contributed by atoms with Gasteiger partial charge in [0.1, 0.15) is 0 Å². The summed E-state index contributed by atoms with van der Waals surface area (Å²) in [5.41, 5.74) is 2.35. The van der Waals surface area contributed by atoms with E-state index in [1.807, 2.05) is 66.7 Å². The minimum absolute atomic E-state index is 0.126. The molecule has 1 aromatic heterocycles. The Morgan fingerprint density at radius 1 is 1.25 bits per heavy atom. The van der Waals surface area contributed by atoms with E-state index in [0.29, 0.717) is 18.7 Å². The lowest BCUT2D eigenvalue weighted by Gasteiger charge is -2.35. The number of hydrazone groups is 1. The van der Waals surface area contributed by atoms with Crippen LogP contribution in [0.15, 0.2) is 52.6 Å². The summed E-state index contributed by atoms with van der Waals surface area (Å²) < 4.78 is 0. The first-order chi connectivity index (χ1) is 15.6. The zero-order valence-electron chi connectivity index (χ0n) is 18.7. The van der Waals surface area contributed by atoms with E-state index in [9.17, 15) is 9.59 Å². The molecule has 1 fully saturated rings. The predicted molar refractivity (Wildman–Crippen MR) is 129 cm³/mol. The fraction of sp³-hybridized carbons (Fsp3) is 0.400. The zero-order chi connectivity index (χ0) is 22.5. The number of hydrogen-bond acceptors (Lipinski definition) is 5. The molecule has 0 bridgehead atoms. The SMILES string of the molecule is C/C=N\N(CC)C1=Cc2sccc2C(=O)N(Cc2ccccc2)C1C(=O)NC1CCCC1. The Morgan fingerprint density at radius 3 is 2.69 bits per heavy atom. The third kappa shape index (κ3) is 4.63. The maximum absolute atomic E-state index is 13.7. The highest BCUT2D eigenvalue weighted by molar-refractivity contribution is 7.11. The number of carbonyl (C=O) groups is 2. The molecule has 1 unspecified atom stereocenters. The van der Waals surface area contributed by atoms with E-state index >= 15 is 0 Å². The van der Waals surface area contributed by atoms with Crippen LogP contribution in [0.3, 0.4) is 0 Å². The number of thiophene rings is 1. The first-order valence-corrected chi connectivity index (χ1v) is 12.2. The smallest absolute Gasteiger partial charge is 0.256 e. The molecule has 1 aliphatic heterocycles. The Bertz CT molecular complexity index is 1010. The van der Waals surface area contributed by atoms with Crippen molar-refractivity contribution in [3.63, 3.8) is 0 Å². The van der Waals surface area contributed by atoms with Gasteiger partial charge >= 0.3 is 0 Å². The van der Waals surface area contributed by atoms with Crippen LogP contribution >= 0.6 is 11.3 Å². The minimum Gasteiger partial charge on any atom is -0.351 e. The third-order valence-electron chi connectivity index (χ3n) is 6.06. The van der Waals surface area contributed by atoms with Crippen molar-refractivity contribution in [2.45, 2.75) is 58.2 Å². The molecule has 2 amide bonds. The van der Waals surface area contributed by atoms with Gasteiger partial charge in [-0.1, -0.05) is 43.2 Å². The summed E-state index contributed by atoms with van der Waals surface area (Å²) in [7, 11) is 0. The van der Waals surface area contributed by atoms with Gasteiger partial charge in [0.05, 0.1) is 11.3 Å². The number of amides is 2. The molecular formula is C25H30N4O2S. The molecule has 2 aromatic rings. The van der Waals surface area contributed by atoms with Crippen LogP contribution < -0.4 is 5.32 Å². The topological polar surface area (TPSA) is 65.0 Å². The van der Waals surface area contributed by atoms with Crippen molar-refractivity contribution in [1.29, 1.82) is 0 Å². The average molecular weight is 451 g/mol. The molecule has 1 aromatic carbocycles. The molecule has 4 rings (SSSR count). The molecule has 0 saturated heterocycles. The molecular weight excluding hydrogens is 420 g/mol. The van der Waals surface area contributed by atoms with Gasteiger partial charge in [0.2, 0.25) is 5.91 Å². The highest BCUT2D eigenvalue weighted by Gasteiger charge is 2.40. The number of carbonyl (C=O) groups excluding carboxylic acids is 2. The van der Waals surface area contributed by atoms with Crippen molar-refractivity contribution >= 4 is 35.4 Å². The zero-order valence-corrected chi connectivity index (χ0v) is 19.5. The molecule has 2 heterocycles. The summed E-state index contributed by atoms with van der Waals surface area (Å²) in [6.07, 6.45) is 7.93. The summed E-state index contributed by atoms with van der Waals surface area (Å²) in [6, 6.07) is 11.1. The summed E-state index contributed by atoms with van der Waals surface area (Å²) in [5.74, 6) is -0.258. The summed E-state index contributed by atoms with van der Waals surface area (Å²) in [6.45, 7) is 4.81. The molecule has 32 heavy (non-hydrogen) atoms. The first-order valence-electron chi connectivity index (χ1n) is 11.3. The lowest BCUT2D eigenvalue weighted by molar-refractivity contribution is -0.125. The Kier molecular flexibility index (Phi) is 7.05. The van der Waals surface area contributed by atoms with Gasteiger partial charge in [-0.15, -0.1) is 11.3 Å². The van der Waals surface area contributed by atoms with Gasteiger partial charge in [0.15, 0.2) is 6.04 Å². The van der Waals surface area contributed by atoms with E-state index in [4.69, 9.17) is 0 Å².